The maximum absolute atomic E-state index is 12.5. The van der Waals surface area contributed by atoms with Gasteiger partial charge in [-0.25, -0.2) is 4.79 Å². The second-order valence-corrected chi connectivity index (χ2v) is 4.42. The molecule has 3 nitrogen and oxygen atoms in total. The van der Waals surface area contributed by atoms with E-state index in [1.54, 1.807) is 0 Å². The average molecular weight is 239 g/mol. The molecule has 1 rings (SSSR count). The molecule has 0 aromatic rings. The van der Waals surface area contributed by atoms with E-state index < -0.39 is 17.9 Å². The SMILES string of the molecule is CC(C)(OC(=O)N1CCCCC1)C(F)(F)F. The van der Waals surface area contributed by atoms with Gasteiger partial charge in [0.05, 0.1) is 0 Å². The van der Waals surface area contributed by atoms with E-state index in [0.717, 1.165) is 33.1 Å². The molecule has 1 heterocycles. The number of nitrogens with zero attached hydrogens (tertiary/aromatic N) is 1. The Balaban J connectivity index is 2.56. The standard InChI is InChI=1S/C10H16F3NO2/c1-9(2,10(11,12)13)16-8(15)14-6-4-3-5-7-14/h3-7H2,1-2H3. The molecule has 0 aliphatic carbocycles. The minimum absolute atomic E-state index is 0.479. The minimum Gasteiger partial charge on any atom is -0.434 e. The summed E-state index contributed by atoms with van der Waals surface area (Å²) in [5, 5.41) is 0. The van der Waals surface area contributed by atoms with Crippen LogP contribution in [0, 0.1) is 0 Å². The zero-order valence-corrected chi connectivity index (χ0v) is 9.43. The number of rotatable bonds is 1. The molecule has 1 amide bonds. The number of carbonyl (C=O) groups excluding carboxylic acids is 1. The second-order valence-electron chi connectivity index (χ2n) is 4.42. The van der Waals surface area contributed by atoms with Crippen molar-refractivity contribution < 1.29 is 22.7 Å². The summed E-state index contributed by atoms with van der Waals surface area (Å²) in [7, 11) is 0. The van der Waals surface area contributed by atoms with Gasteiger partial charge in [-0.2, -0.15) is 13.2 Å². The molecule has 0 aromatic heterocycles. The first-order valence-electron chi connectivity index (χ1n) is 5.29. The maximum atomic E-state index is 12.5. The average Bonchev–Trinajstić information content (AvgIpc) is 2.16. The van der Waals surface area contributed by atoms with Crippen LogP contribution in [-0.2, 0) is 4.74 Å². The lowest BCUT2D eigenvalue weighted by atomic mass is 10.1. The Bertz CT molecular complexity index is 257. The van der Waals surface area contributed by atoms with Crippen molar-refractivity contribution in [1.82, 2.24) is 4.90 Å². The molecule has 0 unspecified atom stereocenters. The third kappa shape index (κ3) is 3.02. The summed E-state index contributed by atoms with van der Waals surface area (Å²) in [6.07, 6.45) is -2.77. The summed E-state index contributed by atoms with van der Waals surface area (Å²) in [6.45, 7) is 2.67. The smallest absolute Gasteiger partial charge is 0.427 e. The van der Waals surface area contributed by atoms with E-state index in [0.29, 0.717) is 13.1 Å². The van der Waals surface area contributed by atoms with Crippen LogP contribution in [0.15, 0.2) is 0 Å². The predicted molar refractivity (Wildman–Crippen MR) is 52.0 cm³/mol. The van der Waals surface area contributed by atoms with Crippen molar-refractivity contribution in [2.24, 2.45) is 0 Å². The van der Waals surface area contributed by atoms with E-state index in [-0.39, 0.29) is 0 Å². The lowest BCUT2D eigenvalue weighted by Crippen LogP contribution is -2.47. The Labute approximate surface area is 92.5 Å². The quantitative estimate of drug-likeness (QED) is 0.704. The molecule has 0 saturated carbocycles. The lowest BCUT2D eigenvalue weighted by Gasteiger charge is -2.32. The van der Waals surface area contributed by atoms with Gasteiger partial charge in [0.15, 0.2) is 0 Å². The summed E-state index contributed by atoms with van der Waals surface area (Å²) in [5.74, 6) is 0. The normalized spacial score (nSPS) is 18.4. The van der Waals surface area contributed by atoms with E-state index in [1.165, 1.54) is 4.90 Å². The predicted octanol–water partition coefficient (Wildman–Crippen LogP) is 2.95. The minimum atomic E-state index is -4.54. The van der Waals surface area contributed by atoms with E-state index in [1.807, 2.05) is 0 Å². The fourth-order valence-corrected chi connectivity index (χ4v) is 1.42. The van der Waals surface area contributed by atoms with Crippen LogP contribution in [0.4, 0.5) is 18.0 Å². The van der Waals surface area contributed by atoms with E-state index in [4.69, 9.17) is 0 Å². The number of alkyl halides is 3. The van der Waals surface area contributed by atoms with Crippen molar-refractivity contribution in [2.45, 2.75) is 44.9 Å². The highest BCUT2D eigenvalue weighted by atomic mass is 19.4. The van der Waals surface area contributed by atoms with Crippen molar-refractivity contribution in [1.29, 1.82) is 0 Å². The van der Waals surface area contributed by atoms with Crippen molar-refractivity contribution in [3.05, 3.63) is 0 Å². The van der Waals surface area contributed by atoms with Gasteiger partial charge in [-0.1, -0.05) is 0 Å². The van der Waals surface area contributed by atoms with Gasteiger partial charge in [0.25, 0.3) is 0 Å². The van der Waals surface area contributed by atoms with Gasteiger partial charge in [-0.3, -0.25) is 0 Å². The number of hydrogen-bond donors (Lipinski definition) is 0. The van der Waals surface area contributed by atoms with Crippen LogP contribution in [-0.4, -0.2) is 35.9 Å². The molecule has 0 N–H and O–H groups in total. The molecule has 1 fully saturated rings. The Kier molecular flexibility index (Phi) is 3.70. The van der Waals surface area contributed by atoms with Gasteiger partial charge in [-0.15, -0.1) is 0 Å². The Morgan fingerprint density at radius 2 is 1.62 bits per heavy atom. The third-order valence-electron chi connectivity index (χ3n) is 2.64. The van der Waals surface area contributed by atoms with Gasteiger partial charge in [0, 0.05) is 13.1 Å². The summed E-state index contributed by atoms with van der Waals surface area (Å²) in [6, 6.07) is 0. The molecule has 0 bridgehead atoms. The van der Waals surface area contributed by atoms with Crippen molar-refractivity contribution >= 4 is 6.09 Å². The highest BCUT2D eigenvalue weighted by Gasteiger charge is 2.51. The first-order valence-corrected chi connectivity index (χ1v) is 5.29. The van der Waals surface area contributed by atoms with Crippen molar-refractivity contribution in [3.8, 4) is 0 Å². The molecule has 1 saturated heterocycles. The monoisotopic (exact) mass is 239 g/mol. The van der Waals surface area contributed by atoms with Crippen LogP contribution in [0.5, 0.6) is 0 Å². The Morgan fingerprint density at radius 3 is 2.06 bits per heavy atom. The maximum Gasteiger partial charge on any atom is 0.427 e. The molecule has 1 aliphatic rings. The number of carbonyl (C=O) groups is 1. The van der Waals surface area contributed by atoms with Gasteiger partial charge < -0.3 is 9.64 Å². The third-order valence-corrected chi connectivity index (χ3v) is 2.64. The molecule has 94 valence electrons. The van der Waals surface area contributed by atoms with Crippen molar-refractivity contribution in [3.63, 3.8) is 0 Å². The topological polar surface area (TPSA) is 29.5 Å². The van der Waals surface area contributed by atoms with Gasteiger partial charge in [-0.05, 0) is 33.1 Å². The molecular formula is C10H16F3NO2. The summed E-state index contributed by atoms with van der Waals surface area (Å²) in [5.41, 5.74) is -2.43. The number of piperidine rings is 1. The molecule has 16 heavy (non-hydrogen) atoms. The number of amides is 1. The molecule has 0 spiro atoms. The number of ether oxygens (including phenoxy) is 1. The van der Waals surface area contributed by atoms with Gasteiger partial charge in [0.1, 0.15) is 0 Å². The first-order chi connectivity index (χ1) is 7.24. The van der Waals surface area contributed by atoms with E-state index in [9.17, 15) is 18.0 Å². The molecule has 0 aromatic carbocycles. The second kappa shape index (κ2) is 4.51. The number of hydrogen-bond acceptors (Lipinski definition) is 2. The lowest BCUT2D eigenvalue weighted by molar-refractivity contribution is -0.246. The molecule has 6 heteroatoms. The highest BCUT2D eigenvalue weighted by Crippen LogP contribution is 2.33. The Morgan fingerprint density at radius 1 is 1.12 bits per heavy atom. The largest absolute Gasteiger partial charge is 0.434 e. The summed E-state index contributed by atoms with van der Waals surface area (Å²) >= 11 is 0. The summed E-state index contributed by atoms with van der Waals surface area (Å²) < 4.78 is 41.9. The molecular weight excluding hydrogens is 223 g/mol. The van der Waals surface area contributed by atoms with Gasteiger partial charge in [0.2, 0.25) is 5.60 Å². The zero-order valence-electron chi connectivity index (χ0n) is 9.43. The Hall–Kier alpha value is -0.940. The van der Waals surface area contributed by atoms with Crippen LogP contribution in [0.1, 0.15) is 33.1 Å². The summed E-state index contributed by atoms with van der Waals surface area (Å²) in [4.78, 5) is 12.8. The van der Waals surface area contributed by atoms with E-state index >= 15 is 0 Å². The van der Waals surface area contributed by atoms with Crippen LogP contribution in [0.2, 0.25) is 0 Å². The van der Waals surface area contributed by atoms with Crippen LogP contribution < -0.4 is 0 Å². The fraction of sp³-hybridized carbons (Fsp3) is 0.900. The van der Waals surface area contributed by atoms with Crippen LogP contribution in [0.25, 0.3) is 0 Å². The fourth-order valence-electron chi connectivity index (χ4n) is 1.42. The van der Waals surface area contributed by atoms with E-state index in [2.05, 4.69) is 4.74 Å². The van der Waals surface area contributed by atoms with Crippen LogP contribution >= 0.6 is 0 Å². The molecule has 0 atom stereocenters. The van der Waals surface area contributed by atoms with Crippen LogP contribution in [0.3, 0.4) is 0 Å². The first kappa shape index (κ1) is 13.1. The zero-order chi connectivity index (χ0) is 12.4. The van der Waals surface area contributed by atoms with Crippen molar-refractivity contribution in [2.75, 3.05) is 13.1 Å². The molecule has 1 aliphatic heterocycles. The highest BCUT2D eigenvalue weighted by molar-refractivity contribution is 5.68. The molecule has 0 radical (unpaired) electrons. The number of halogens is 3. The van der Waals surface area contributed by atoms with Gasteiger partial charge >= 0.3 is 12.3 Å². The number of likely N-dealkylation sites (tertiary alicyclic amines) is 1.